The molecule has 0 aliphatic carbocycles. The third-order valence-electron chi connectivity index (χ3n) is 2.04. The molecular formula is C11H17NO. The highest BCUT2D eigenvalue weighted by Crippen LogP contribution is 2.17. The molecule has 1 unspecified atom stereocenters. The fourth-order valence-electron chi connectivity index (χ4n) is 1.41. The summed E-state index contributed by atoms with van der Waals surface area (Å²) in [6.07, 6.45) is 2.24. The van der Waals surface area contributed by atoms with Crippen LogP contribution in [0.25, 0.3) is 0 Å². The molecule has 0 fully saturated rings. The minimum Gasteiger partial charge on any atom is -0.305 e. The van der Waals surface area contributed by atoms with Gasteiger partial charge < -0.3 is 4.84 Å². The van der Waals surface area contributed by atoms with E-state index in [0.29, 0.717) is 6.04 Å². The predicted molar refractivity (Wildman–Crippen MR) is 54.2 cm³/mol. The molecule has 13 heavy (non-hydrogen) atoms. The van der Waals surface area contributed by atoms with Crippen LogP contribution in [0.15, 0.2) is 30.3 Å². The SMILES string of the molecule is CCCC(NOC)c1ccccc1. The van der Waals surface area contributed by atoms with E-state index in [4.69, 9.17) is 4.84 Å². The number of hydrogen-bond donors (Lipinski definition) is 1. The van der Waals surface area contributed by atoms with E-state index in [1.807, 2.05) is 6.07 Å². The molecule has 2 nitrogen and oxygen atoms in total. The second kappa shape index (κ2) is 5.73. The third-order valence-corrected chi connectivity index (χ3v) is 2.04. The zero-order valence-electron chi connectivity index (χ0n) is 8.29. The molecule has 0 aliphatic rings. The Morgan fingerprint density at radius 3 is 2.54 bits per heavy atom. The van der Waals surface area contributed by atoms with E-state index in [1.165, 1.54) is 5.56 Å². The summed E-state index contributed by atoms with van der Waals surface area (Å²) in [5.41, 5.74) is 4.28. The van der Waals surface area contributed by atoms with Crippen molar-refractivity contribution in [2.45, 2.75) is 25.8 Å². The molecule has 0 amide bonds. The maximum Gasteiger partial charge on any atom is 0.0572 e. The summed E-state index contributed by atoms with van der Waals surface area (Å²) in [5.74, 6) is 0. The lowest BCUT2D eigenvalue weighted by molar-refractivity contribution is 0.0575. The van der Waals surface area contributed by atoms with Crippen LogP contribution < -0.4 is 5.48 Å². The van der Waals surface area contributed by atoms with Gasteiger partial charge in [0.15, 0.2) is 0 Å². The van der Waals surface area contributed by atoms with Crippen molar-refractivity contribution >= 4 is 0 Å². The van der Waals surface area contributed by atoms with Crippen LogP contribution >= 0.6 is 0 Å². The molecule has 1 rings (SSSR count). The van der Waals surface area contributed by atoms with Crippen molar-refractivity contribution in [3.8, 4) is 0 Å². The topological polar surface area (TPSA) is 21.3 Å². The summed E-state index contributed by atoms with van der Waals surface area (Å²) >= 11 is 0. The lowest BCUT2D eigenvalue weighted by Crippen LogP contribution is -2.19. The number of hydroxylamine groups is 1. The average molecular weight is 179 g/mol. The van der Waals surface area contributed by atoms with Crippen molar-refractivity contribution in [1.82, 2.24) is 5.48 Å². The van der Waals surface area contributed by atoms with Crippen molar-refractivity contribution in [3.63, 3.8) is 0 Å². The number of hydrogen-bond acceptors (Lipinski definition) is 2. The first-order valence-electron chi connectivity index (χ1n) is 4.72. The highest BCUT2D eigenvalue weighted by molar-refractivity contribution is 5.18. The highest BCUT2D eigenvalue weighted by atomic mass is 16.6. The Hall–Kier alpha value is -0.860. The first-order chi connectivity index (χ1) is 6.38. The van der Waals surface area contributed by atoms with Gasteiger partial charge >= 0.3 is 0 Å². The summed E-state index contributed by atoms with van der Waals surface area (Å²) in [6, 6.07) is 10.7. The highest BCUT2D eigenvalue weighted by Gasteiger charge is 2.08. The Bertz CT molecular complexity index is 217. The first kappa shape index (κ1) is 10.2. The Balaban J connectivity index is 2.64. The van der Waals surface area contributed by atoms with Crippen LogP contribution in [-0.2, 0) is 4.84 Å². The molecule has 0 saturated carbocycles. The minimum absolute atomic E-state index is 0.316. The van der Waals surface area contributed by atoms with E-state index in [-0.39, 0.29) is 0 Å². The van der Waals surface area contributed by atoms with Crippen LogP contribution in [0.2, 0.25) is 0 Å². The van der Waals surface area contributed by atoms with Crippen LogP contribution in [0.3, 0.4) is 0 Å². The summed E-state index contributed by atoms with van der Waals surface area (Å²) in [7, 11) is 1.66. The smallest absolute Gasteiger partial charge is 0.0572 e. The largest absolute Gasteiger partial charge is 0.305 e. The maximum atomic E-state index is 4.96. The third kappa shape index (κ3) is 3.17. The zero-order valence-corrected chi connectivity index (χ0v) is 8.29. The summed E-state index contributed by atoms with van der Waals surface area (Å²) in [4.78, 5) is 4.96. The van der Waals surface area contributed by atoms with Crippen LogP contribution in [0.4, 0.5) is 0 Å². The van der Waals surface area contributed by atoms with E-state index in [9.17, 15) is 0 Å². The lowest BCUT2D eigenvalue weighted by atomic mass is 10.0. The molecule has 0 aromatic heterocycles. The van der Waals surface area contributed by atoms with Crippen molar-refractivity contribution in [2.24, 2.45) is 0 Å². The van der Waals surface area contributed by atoms with E-state index < -0.39 is 0 Å². The fourth-order valence-corrected chi connectivity index (χ4v) is 1.41. The Morgan fingerprint density at radius 1 is 1.31 bits per heavy atom. The summed E-state index contributed by atoms with van der Waals surface area (Å²) in [6.45, 7) is 2.17. The van der Waals surface area contributed by atoms with Crippen molar-refractivity contribution in [3.05, 3.63) is 35.9 Å². The molecule has 1 aromatic carbocycles. The summed E-state index contributed by atoms with van der Waals surface area (Å²) < 4.78 is 0. The average Bonchev–Trinajstić information content (AvgIpc) is 2.19. The van der Waals surface area contributed by atoms with Crippen molar-refractivity contribution in [2.75, 3.05) is 7.11 Å². The van der Waals surface area contributed by atoms with Gasteiger partial charge in [-0.1, -0.05) is 43.7 Å². The van der Waals surface area contributed by atoms with Gasteiger partial charge in [0, 0.05) is 0 Å². The molecule has 0 bridgehead atoms. The van der Waals surface area contributed by atoms with E-state index in [2.05, 4.69) is 36.7 Å². The molecule has 0 saturated heterocycles. The fraction of sp³-hybridized carbons (Fsp3) is 0.455. The molecule has 2 heteroatoms. The standard InChI is InChI=1S/C11H17NO/c1-3-7-11(12-13-2)10-8-5-4-6-9-10/h4-6,8-9,11-12H,3,7H2,1-2H3. The number of rotatable bonds is 5. The second-order valence-electron chi connectivity index (χ2n) is 3.07. The molecule has 72 valence electrons. The normalized spacial score (nSPS) is 12.8. The Morgan fingerprint density at radius 2 is 2.00 bits per heavy atom. The van der Waals surface area contributed by atoms with E-state index >= 15 is 0 Å². The minimum atomic E-state index is 0.316. The van der Waals surface area contributed by atoms with E-state index in [1.54, 1.807) is 7.11 Å². The molecule has 0 aliphatic heterocycles. The second-order valence-corrected chi connectivity index (χ2v) is 3.07. The molecule has 0 spiro atoms. The van der Waals surface area contributed by atoms with Crippen molar-refractivity contribution in [1.29, 1.82) is 0 Å². The number of nitrogens with one attached hydrogen (secondary N) is 1. The van der Waals surface area contributed by atoms with E-state index in [0.717, 1.165) is 12.8 Å². The van der Waals surface area contributed by atoms with Gasteiger partial charge in [-0.05, 0) is 12.0 Å². The Labute approximate surface area is 79.9 Å². The molecule has 1 aromatic rings. The lowest BCUT2D eigenvalue weighted by Gasteiger charge is -2.16. The molecule has 0 radical (unpaired) electrons. The van der Waals surface area contributed by atoms with Gasteiger partial charge in [0.05, 0.1) is 13.2 Å². The molecule has 1 N–H and O–H groups in total. The monoisotopic (exact) mass is 179 g/mol. The van der Waals surface area contributed by atoms with Gasteiger partial charge in [0.2, 0.25) is 0 Å². The Kier molecular flexibility index (Phi) is 4.50. The summed E-state index contributed by atoms with van der Waals surface area (Å²) in [5, 5.41) is 0. The van der Waals surface area contributed by atoms with Gasteiger partial charge in [-0.2, -0.15) is 5.48 Å². The quantitative estimate of drug-likeness (QED) is 0.702. The van der Waals surface area contributed by atoms with Crippen LogP contribution in [0.5, 0.6) is 0 Å². The van der Waals surface area contributed by atoms with Gasteiger partial charge in [-0.25, -0.2) is 0 Å². The first-order valence-corrected chi connectivity index (χ1v) is 4.72. The molecular weight excluding hydrogens is 162 g/mol. The van der Waals surface area contributed by atoms with Gasteiger partial charge in [0.1, 0.15) is 0 Å². The van der Waals surface area contributed by atoms with Gasteiger partial charge in [-0.15, -0.1) is 0 Å². The molecule has 1 atom stereocenters. The van der Waals surface area contributed by atoms with Crippen LogP contribution in [0.1, 0.15) is 31.4 Å². The van der Waals surface area contributed by atoms with Crippen molar-refractivity contribution < 1.29 is 4.84 Å². The molecule has 0 heterocycles. The van der Waals surface area contributed by atoms with Crippen LogP contribution in [0, 0.1) is 0 Å². The maximum absolute atomic E-state index is 4.96. The van der Waals surface area contributed by atoms with Gasteiger partial charge in [-0.3, -0.25) is 0 Å². The number of benzene rings is 1. The zero-order chi connectivity index (χ0) is 9.52. The van der Waals surface area contributed by atoms with Gasteiger partial charge in [0.25, 0.3) is 0 Å². The van der Waals surface area contributed by atoms with Crippen LogP contribution in [-0.4, -0.2) is 7.11 Å². The predicted octanol–water partition coefficient (Wildman–Crippen LogP) is 2.68.